The van der Waals surface area contributed by atoms with Gasteiger partial charge in [0.25, 0.3) is 0 Å². The molecule has 0 radical (unpaired) electrons. The maximum Gasteiger partial charge on any atom is 0.0973 e. The molecule has 114 valence electrons. The molecule has 1 saturated carbocycles. The van der Waals surface area contributed by atoms with Crippen molar-refractivity contribution >= 4 is 11.5 Å². The fourth-order valence-electron chi connectivity index (χ4n) is 2.99. The van der Waals surface area contributed by atoms with Crippen molar-refractivity contribution in [3.8, 4) is 0 Å². The van der Waals surface area contributed by atoms with Crippen LogP contribution in [-0.2, 0) is 6.42 Å². The molecule has 1 aliphatic rings. The quantitative estimate of drug-likeness (QED) is 0.921. The molecule has 2 aromatic rings. The largest absolute Gasteiger partial charge is 0.387 e. The van der Waals surface area contributed by atoms with Gasteiger partial charge in [0.15, 0.2) is 0 Å². The van der Waals surface area contributed by atoms with Crippen LogP contribution in [-0.4, -0.2) is 24.5 Å². The van der Waals surface area contributed by atoms with E-state index in [1.165, 1.54) is 37.2 Å². The molecule has 0 aromatic carbocycles. The van der Waals surface area contributed by atoms with E-state index < -0.39 is 6.10 Å². The number of rotatable bonds is 5. The molecule has 0 bridgehead atoms. The summed E-state index contributed by atoms with van der Waals surface area (Å²) < 4.78 is 6.05. The molecule has 1 unspecified atom stereocenters. The highest BCUT2D eigenvalue weighted by Crippen LogP contribution is 2.30. The number of aliphatic hydroxyl groups is 1. The second kappa shape index (κ2) is 6.23. The van der Waals surface area contributed by atoms with Crippen molar-refractivity contribution in [3.63, 3.8) is 0 Å². The molecule has 1 aliphatic carbocycles. The van der Waals surface area contributed by atoms with Crippen LogP contribution in [0, 0.1) is 0 Å². The molecule has 0 saturated heterocycles. The first-order valence-electron chi connectivity index (χ1n) is 7.69. The van der Waals surface area contributed by atoms with Crippen molar-refractivity contribution in [1.82, 2.24) is 19.4 Å². The van der Waals surface area contributed by atoms with Crippen LogP contribution < -0.4 is 0 Å². The van der Waals surface area contributed by atoms with Crippen molar-refractivity contribution in [3.05, 3.63) is 28.5 Å². The minimum absolute atomic E-state index is 0.282. The Labute approximate surface area is 129 Å². The lowest BCUT2D eigenvalue weighted by Gasteiger charge is -2.11. The Bertz CT molecular complexity index is 586. The van der Waals surface area contributed by atoms with Crippen LogP contribution >= 0.6 is 11.5 Å². The lowest BCUT2D eigenvalue weighted by Crippen LogP contribution is -2.08. The Morgan fingerprint density at radius 1 is 1.38 bits per heavy atom. The summed E-state index contributed by atoms with van der Waals surface area (Å²) in [6, 6.07) is 2.57. The van der Waals surface area contributed by atoms with Crippen molar-refractivity contribution < 1.29 is 5.11 Å². The summed E-state index contributed by atoms with van der Waals surface area (Å²) in [5.74, 6) is 0.282. The van der Waals surface area contributed by atoms with Crippen molar-refractivity contribution in [2.75, 3.05) is 0 Å². The molecule has 2 heterocycles. The highest BCUT2D eigenvalue weighted by atomic mass is 32.1. The lowest BCUT2D eigenvalue weighted by atomic mass is 10.1. The highest BCUT2D eigenvalue weighted by molar-refractivity contribution is 7.05. The van der Waals surface area contributed by atoms with E-state index in [1.807, 2.05) is 12.3 Å². The zero-order valence-electron chi connectivity index (χ0n) is 12.6. The number of aromatic nitrogens is 4. The topological polar surface area (TPSA) is 63.8 Å². The standard InChI is InChI=1S/C15H22N4OS/c1-10(2)14-15(21-18-16-14)13(20)9-11-7-8-19(17-11)12-5-3-4-6-12/h7-8,10,12-13,20H,3-6,9H2,1-2H3. The first-order valence-corrected chi connectivity index (χ1v) is 8.46. The Hall–Kier alpha value is -1.27. The van der Waals surface area contributed by atoms with Crippen molar-refractivity contribution in [2.24, 2.45) is 0 Å². The third-order valence-electron chi connectivity index (χ3n) is 4.15. The molecule has 0 spiro atoms. The van der Waals surface area contributed by atoms with Gasteiger partial charge in [-0.1, -0.05) is 31.2 Å². The summed E-state index contributed by atoms with van der Waals surface area (Å²) >= 11 is 1.29. The minimum atomic E-state index is -0.561. The van der Waals surface area contributed by atoms with E-state index in [2.05, 4.69) is 33.2 Å². The van der Waals surface area contributed by atoms with Crippen LogP contribution in [0.2, 0.25) is 0 Å². The van der Waals surface area contributed by atoms with Gasteiger partial charge in [-0.2, -0.15) is 5.10 Å². The van der Waals surface area contributed by atoms with E-state index in [4.69, 9.17) is 0 Å². The van der Waals surface area contributed by atoms with Gasteiger partial charge in [0, 0.05) is 12.6 Å². The summed E-state index contributed by atoms with van der Waals surface area (Å²) in [7, 11) is 0. The van der Waals surface area contributed by atoms with Crippen LogP contribution in [0.25, 0.3) is 0 Å². The molecule has 1 fully saturated rings. The van der Waals surface area contributed by atoms with Crippen molar-refractivity contribution in [1.29, 1.82) is 0 Å². The smallest absolute Gasteiger partial charge is 0.0973 e. The summed E-state index contributed by atoms with van der Waals surface area (Å²) in [5, 5.41) is 19.2. The highest BCUT2D eigenvalue weighted by Gasteiger charge is 2.22. The molecule has 5 nitrogen and oxygen atoms in total. The third-order valence-corrected chi connectivity index (χ3v) is 5.00. The Morgan fingerprint density at radius 2 is 2.14 bits per heavy atom. The van der Waals surface area contributed by atoms with Gasteiger partial charge >= 0.3 is 0 Å². The van der Waals surface area contributed by atoms with Crippen LogP contribution in [0.1, 0.15) is 73.9 Å². The second-order valence-electron chi connectivity index (χ2n) is 6.12. The summed E-state index contributed by atoms with van der Waals surface area (Å²) in [6.45, 7) is 4.14. The first-order chi connectivity index (χ1) is 10.1. The number of hydrogen-bond donors (Lipinski definition) is 1. The van der Waals surface area contributed by atoms with Crippen molar-refractivity contribution in [2.45, 2.75) is 64.0 Å². The number of aliphatic hydroxyl groups excluding tert-OH is 1. The molecule has 0 amide bonds. The fraction of sp³-hybridized carbons (Fsp3) is 0.667. The monoisotopic (exact) mass is 306 g/mol. The Balaban J connectivity index is 1.69. The number of nitrogens with zero attached hydrogens (tertiary/aromatic N) is 4. The molecular weight excluding hydrogens is 284 g/mol. The van der Waals surface area contributed by atoms with E-state index in [1.54, 1.807) is 0 Å². The van der Waals surface area contributed by atoms with Gasteiger partial charge < -0.3 is 5.11 Å². The van der Waals surface area contributed by atoms with Crippen LogP contribution in [0.15, 0.2) is 12.3 Å². The Kier molecular flexibility index (Phi) is 4.35. The molecule has 21 heavy (non-hydrogen) atoms. The fourth-order valence-corrected chi connectivity index (χ4v) is 3.78. The summed E-state index contributed by atoms with van der Waals surface area (Å²) in [4.78, 5) is 0.875. The van der Waals surface area contributed by atoms with E-state index in [0.717, 1.165) is 16.3 Å². The van der Waals surface area contributed by atoms with Gasteiger partial charge in [-0.25, -0.2) is 0 Å². The van der Waals surface area contributed by atoms with E-state index in [9.17, 15) is 5.11 Å². The minimum Gasteiger partial charge on any atom is -0.387 e. The molecular formula is C15H22N4OS. The van der Waals surface area contributed by atoms with E-state index >= 15 is 0 Å². The average Bonchev–Trinajstić information content (AvgIpc) is 3.19. The Morgan fingerprint density at radius 3 is 2.86 bits per heavy atom. The molecule has 2 aromatic heterocycles. The van der Waals surface area contributed by atoms with Crippen LogP contribution in [0.5, 0.6) is 0 Å². The number of hydrogen-bond acceptors (Lipinski definition) is 5. The maximum absolute atomic E-state index is 10.4. The molecule has 0 aliphatic heterocycles. The van der Waals surface area contributed by atoms with Gasteiger partial charge in [0.05, 0.1) is 28.4 Å². The normalized spacial score (nSPS) is 17.7. The predicted molar refractivity (Wildman–Crippen MR) is 82.4 cm³/mol. The maximum atomic E-state index is 10.4. The summed E-state index contributed by atoms with van der Waals surface area (Å²) in [5.41, 5.74) is 1.85. The predicted octanol–water partition coefficient (Wildman–Crippen LogP) is 3.25. The molecule has 1 N–H and O–H groups in total. The van der Waals surface area contributed by atoms with E-state index in [-0.39, 0.29) is 5.92 Å². The van der Waals surface area contributed by atoms with Gasteiger partial charge in [-0.15, -0.1) is 5.10 Å². The zero-order chi connectivity index (χ0) is 14.8. The van der Waals surface area contributed by atoms with Gasteiger partial charge in [0.2, 0.25) is 0 Å². The second-order valence-corrected chi connectivity index (χ2v) is 6.91. The van der Waals surface area contributed by atoms with Crippen LogP contribution in [0.3, 0.4) is 0 Å². The third kappa shape index (κ3) is 3.16. The molecule has 6 heteroatoms. The first kappa shape index (κ1) is 14.7. The zero-order valence-corrected chi connectivity index (χ0v) is 13.4. The average molecular weight is 306 g/mol. The summed E-state index contributed by atoms with van der Waals surface area (Å²) in [6.07, 6.45) is 7.06. The molecule has 3 rings (SSSR count). The lowest BCUT2D eigenvalue weighted by molar-refractivity contribution is 0.179. The van der Waals surface area contributed by atoms with E-state index in [0.29, 0.717) is 12.5 Å². The van der Waals surface area contributed by atoms with Gasteiger partial charge in [-0.05, 0) is 36.4 Å². The van der Waals surface area contributed by atoms with Gasteiger partial charge in [0.1, 0.15) is 0 Å². The van der Waals surface area contributed by atoms with Gasteiger partial charge in [-0.3, -0.25) is 4.68 Å². The van der Waals surface area contributed by atoms with Crippen LogP contribution in [0.4, 0.5) is 0 Å². The molecule has 1 atom stereocenters. The SMILES string of the molecule is CC(C)c1nnsc1C(O)Cc1ccn(C2CCCC2)n1.